The Balaban J connectivity index is 2.08. The van der Waals surface area contributed by atoms with Gasteiger partial charge in [0.15, 0.2) is 0 Å². The van der Waals surface area contributed by atoms with Crippen molar-refractivity contribution in [2.45, 2.75) is 13.3 Å². The van der Waals surface area contributed by atoms with Crippen molar-refractivity contribution in [3.8, 4) is 0 Å². The summed E-state index contributed by atoms with van der Waals surface area (Å²) in [5, 5.41) is 3.43. The van der Waals surface area contributed by atoms with Crippen LogP contribution in [0.3, 0.4) is 0 Å². The Labute approximate surface area is 125 Å². The molecule has 0 aliphatic carbocycles. The van der Waals surface area contributed by atoms with Crippen LogP contribution >= 0.6 is 27.5 Å². The van der Waals surface area contributed by atoms with Crippen LogP contribution < -0.4 is 5.32 Å². The summed E-state index contributed by atoms with van der Waals surface area (Å²) in [7, 11) is 0. The van der Waals surface area contributed by atoms with Crippen molar-refractivity contribution in [3.63, 3.8) is 0 Å². The van der Waals surface area contributed by atoms with E-state index in [0.717, 1.165) is 15.9 Å². The van der Waals surface area contributed by atoms with E-state index in [1.165, 1.54) is 0 Å². The summed E-state index contributed by atoms with van der Waals surface area (Å²) in [5.74, 6) is -0.111. The van der Waals surface area contributed by atoms with E-state index >= 15 is 0 Å². The van der Waals surface area contributed by atoms with Crippen LogP contribution in [0, 0.1) is 6.92 Å². The summed E-state index contributed by atoms with van der Waals surface area (Å²) in [6.45, 7) is 1.84. The lowest BCUT2D eigenvalue weighted by atomic mass is 10.1. The molecule has 98 valence electrons. The molecule has 0 saturated carbocycles. The minimum absolute atomic E-state index is 0.111. The number of nitrogens with zero attached hydrogens (tertiary/aromatic N) is 1. The summed E-state index contributed by atoms with van der Waals surface area (Å²) in [4.78, 5) is 16.2. The van der Waals surface area contributed by atoms with Crippen LogP contribution in [0.25, 0.3) is 0 Å². The fourth-order valence-corrected chi connectivity index (χ4v) is 2.27. The molecule has 1 aromatic heterocycles. The molecule has 1 heterocycles. The maximum atomic E-state index is 12.0. The van der Waals surface area contributed by atoms with Crippen molar-refractivity contribution in [2.75, 3.05) is 5.32 Å². The van der Waals surface area contributed by atoms with Gasteiger partial charge >= 0.3 is 0 Å². The maximum Gasteiger partial charge on any atom is 0.228 e. The van der Waals surface area contributed by atoms with Gasteiger partial charge < -0.3 is 5.32 Å². The topological polar surface area (TPSA) is 42.0 Å². The van der Waals surface area contributed by atoms with Crippen LogP contribution in [-0.2, 0) is 11.2 Å². The van der Waals surface area contributed by atoms with Gasteiger partial charge in [0.25, 0.3) is 0 Å². The normalized spacial score (nSPS) is 10.3. The molecular weight excluding hydrogens is 328 g/mol. The van der Waals surface area contributed by atoms with E-state index in [1.807, 2.05) is 31.2 Å². The quantitative estimate of drug-likeness (QED) is 0.859. The first-order valence-corrected chi connectivity index (χ1v) is 6.90. The highest BCUT2D eigenvalue weighted by Gasteiger charge is 2.09. The van der Waals surface area contributed by atoms with Crippen molar-refractivity contribution in [2.24, 2.45) is 0 Å². The van der Waals surface area contributed by atoms with E-state index < -0.39 is 0 Å². The van der Waals surface area contributed by atoms with E-state index in [4.69, 9.17) is 11.6 Å². The summed E-state index contributed by atoms with van der Waals surface area (Å²) in [5.41, 5.74) is 2.28. The van der Waals surface area contributed by atoms with Crippen LogP contribution in [0.15, 0.2) is 41.0 Å². The van der Waals surface area contributed by atoms with Gasteiger partial charge in [0.05, 0.1) is 17.8 Å². The van der Waals surface area contributed by atoms with E-state index in [9.17, 15) is 4.79 Å². The second-order valence-electron chi connectivity index (χ2n) is 4.08. The number of rotatable bonds is 3. The first-order chi connectivity index (χ1) is 9.06. The molecule has 3 nitrogen and oxygen atoms in total. The summed E-state index contributed by atoms with van der Waals surface area (Å²) >= 11 is 9.31. The van der Waals surface area contributed by atoms with Crippen molar-refractivity contribution >= 4 is 39.1 Å². The molecule has 0 fully saturated rings. The highest BCUT2D eigenvalue weighted by Crippen LogP contribution is 2.18. The van der Waals surface area contributed by atoms with E-state index in [2.05, 4.69) is 26.2 Å². The van der Waals surface area contributed by atoms with Crippen molar-refractivity contribution < 1.29 is 4.79 Å². The fourth-order valence-electron chi connectivity index (χ4n) is 1.67. The molecule has 2 rings (SSSR count). The predicted molar refractivity (Wildman–Crippen MR) is 80.5 cm³/mol. The predicted octanol–water partition coefficient (Wildman–Crippen LogP) is 3.99. The molecule has 0 saturated heterocycles. The standard InChI is InChI=1S/C14H12BrClN2O/c1-9-12(6-7-13(15)17-9)18-14(19)8-10-4-2-3-5-11(10)16/h2-7H,8H2,1H3,(H,18,19). The van der Waals surface area contributed by atoms with Gasteiger partial charge in [-0.05, 0) is 46.6 Å². The Morgan fingerprint density at radius 3 is 2.74 bits per heavy atom. The zero-order valence-electron chi connectivity index (χ0n) is 10.3. The average molecular weight is 340 g/mol. The lowest BCUT2D eigenvalue weighted by Crippen LogP contribution is -2.15. The molecular formula is C14H12BrClN2O. The lowest BCUT2D eigenvalue weighted by Gasteiger charge is -2.08. The molecule has 0 spiro atoms. The Kier molecular flexibility index (Phi) is 4.56. The lowest BCUT2D eigenvalue weighted by molar-refractivity contribution is -0.115. The molecule has 0 aliphatic rings. The number of carbonyl (C=O) groups excluding carboxylic acids is 1. The number of amides is 1. The molecule has 1 N–H and O–H groups in total. The third kappa shape index (κ3) is 3.78. The maximum absolute atomic E-state index is 12.0. The SMILES string of the molecule is Cc1nc(Br)ccc1NC(=O)Cc1ccccc1Cl. The number of pyridine rings is 1. The first kappa shape index (κ1) is 14.0. The van der Waals surface area contributed by atoms with Gasteiger partial charge in [-0.2, -0.15) is 0 Å². The molecule has 0 unspecified atom stereocenters. The molecule has 19 heavy (non-hydrogen) atoms. The number of aromatic nitrogens is 1. The monoisotopic (exact) mass is 338 g/mol. The van der Waals surface area contributed by atoms with Crippen LogP contribution in [0.5, 0.6) is 0 Å². The van der Waals surface area contributed by atoms with Crippen LogP contribution in [0.2, 0.25) is 5.02 Å². The van der Waals surface area contributed by atoms with Gasteiger partial charge in [-0.3, -0.25) is 4.79 Å². The molecule has 2 aromatic rings. The van der Waals surface area contributed by atoms with Crippen LogP contribution in [0.1, 0.15) is 11.3 Å². The van der Waals surface area contributed by atoms with E-state index in [-0.39, 0.29) is 12.3 Å². The minimum atomic E-state index is -0.111. The molecule has 0 aliphatic heterocycles. The van der Waals surface area contributed by atoms with E-state index in [1.54, 1.807) is 12.1 Å². The number of anilines is 1. The average Bonchev–Trinajstić information content (AvgIpc) is 2.36. The van der Waals surface area contributed by atoms with Gasteiger partial charge in [-0.1, -0.05) is 29.8 Å². The number of hydrogen-bond donors (Lipinski definition) is 1. The van der Waals surface area contributed by atoms with Gasteiger partial charge in [0.1, 0.15) is 4.60 Å². The summed E-state index contributed by atoms with van der Waals surface area (Å²) in [6, 6.07) is 10.9. The minimum Gasteiger partial charge on any atom is -0.324 e. The summed E-state index contributed by atoms with van der Waals surface area (Å²) < 4.78 is 0.745. The summed E-state index contributed by atoms with van der Waals surface area (Å²) in [6.07, 6.45) is 0.245. The van der Waals surface area contributed by atoms with Crippen LogP contribution in [-0.4, -0.2) is 10.9 Å². The zero-order valence-corrected chi connectivity index (χ0v) is 12.6. The second-order valence-corrected chi connectivity index (χ2v) is 5.30. The number of hydrogen-bond acceptors (Lipinski definition) is 2. The fraction of sp³-hybridized carbons (Fsp3) is 0.143. The number of carbonyl (C=O) groups is 1. The van der Waals surface area contributed by atoms with Crippen molar-refractivity contribution in [1.29, 1.82) is 0 Å². The Hall–Kier alpha value is -1.39. The molecule has 0 bridgehead atoms. The Bertz CT molecular complexity index is 616. The van der Waals surface area contributed by atoms with Gasteiger partial charge in [-0.25, -0.2) is 4.98 Å². The van der Waals surface area contributed by atoms with Gasteiger partial charge in [0, 0.05) is 5.02 Å². The molecule has 5 heteroatoms. The third-order valence-corrected chi connectivity index (χ3v) is 3.45. The Morgan fingerprint density at radius 1 is 1.32 bits per heavy atom. The number of benzene rings is 1. The highest BCUT2D eigenvalue weighted by molar-refractivity contribution is 9.10. The van der Waals surface area contributed by atoms with E-state index in [0.29, 0.717) is 10.7 Å². The van der Waals surface area contributed by atoms with Crippen molar-refractivity contribution in [1.82, 2.24) is 4.98 Å². The largest absolute Gasteiger partial charge is 0.324 e. The number of aryl methyl sites for hydroxylation is 1. The zero-order chi connectivity index (χ0) is 13.8. The first-order valence-electron chi connectivity index (χ1n) is 5.72. The Morgan fingerprint density at radius 2 is 2.05 bits per heavy atom. The smallest absolute Gasteiger partial charge is 0.228 e. The molecule has 0 radical (unpaired) electrons. The van der Waals surface area contributed by atoms with Gasteiger partial charge in [-0.15, -0.1) is 0 Å². The molecule has 0 atom stereocenters. The number of nitrogens with one attached hydrogen (secondary N) is 1. The highest BCUT2D eigenvalue weighted by atomic mass is 79.9. The molecule has 1 aromatic carbocycles. The van der Waals surface area contributed by atoms with Crippen molar-refractivity contribution in [3.05, 3.63) is 57.3 Å². The van der Waals surface area contributed by atoms with Gasteiger partial charge in [0.2, 0.25) is 5.91 Å². The van der Waals surface area contributed by atoms with Crippen LogP contribution in [0.4, 0.5) is 5.69 Å². The number of halogens is 2. The second kappa shape index (κ2) is 6.17. The third-order valence-electron chi connectivity index (χ3n) is 2.63. The molecule has 1 amide bonds.